The number of aryl methyl sites for hydroxylation is 1. The Hall–Kier alpha value is -3.19. The zero-order chi connectivity index (χ0) is 23.5. The zero-order valence-electron chi connectivity index (χ0n) is 19.0. The maximum Gasteiger partial charge on any atom is 0.253 e. The number of nitrogens with zero attached hydrogens (tertiary/aromatic N) is 4. The van der Waals surface area contributed by atoms with Crippen LogP contribution in [0.15, 0.2) is 48.5 Å². The fourth-order valence-corrected chi connectivity index (χ4v) is 4.96. The number of carbonyl (C=O) groups is 2. The molecular weight excluding hydrogens is 450 g/mol. The highest BCUT2D eigenvalue weighted by Gasteiger charge is 2.29. The van der Waals surface area contributed by atoms with Crippen molar-refractivity contribution in [1.82, 2.24) is 19.7 Å². The second-order valence-electron chi connectivity index (χ2n) is 9.07. The van der Waals surface area contributed by atoms with Gasteiger partial charge in [-0.3, -0.25) is 9.59 Å². The third-order valence-electron chi connectivity index (χ3n) is 6.67. The number of hydrogen-bond acceptors (Lipinski definition) is 4. The summed E-state index contributed by atoms with van der Waals surface area (Å²) in [5.74, 6) is 1.51. The van der Waals surface area contributed by atoms with Gasteiger partial charge >= 0.3 is 0 Å². The number of aromatic nitrogens is 3. The van der Waals surface area contributed by atoms with Crippen molar-refractivity contribution in [3.05, 3.63) is 64.9 Å². The number of nitrogens with one attached hydrogen (secondary N) is 1. The van der Waals surface area contributed by atoms with E-state index in [0.717, 1.165) is 61.5 Å². The lowest BCUT2D eigenvalue weighted by atomic mass is 9.96. The van der Waals surface area contributed by atoms with E-state index in [0.29, 0.717) is 23.7 Å². The predicted molar refractivity (Wildman–Crippen MR) is 132 cm³/mol. The van der Waals surface area contributed by atoms with Crippen molar-refractivity contribution in [3.8, 4) is 11.4 Å². The lowest BCUT2D eigenvalue weighted by Gasteiger charge is -2.32. The number of benzene rings is 2. The molecule has 7 nitrogen and oxygen atoms in total. The summed E-state index contributed by atoms with van der Waals surface area (Å²) in [6.07, 6.45) is 5.99. The number of carbonyl (C=O) groups excluding carboxylic acids is 2. The van der Waals surface area contributed by atoms with E-state index in [1.165, 1.54) is 6.42 Å². The topological polar surface area (TPSA) is 80.1 Å². The van der Waals surface area contributed by atoms with E-state index in [1.807, 2.05) is 24.3 Å². The normalized spacial score (nSPS) is 18.1. The lowest BCUT2D eigenvalue weighted by Crippen LogP contribution is -2.43. The second-order valence-corrected chi connectivity index (χ2v) is 9.51. The third kappa shape index (κ3) is 4.85. The van der Waals surface area contributed by atoms with Crippen molar-refractivity contribution in [2.75, 3.05) is 18.4 Å². The minimum atomic E-state index is -0.252. The molecule has 0 bridgehead atoms. The number of amides is 2. The van der Waals surface area contributed by atoms with Crippen molar-refractivity contribution in [1.29, 1.82) is 0 Å². The Kier molecular flexibility index (Phi) is 6.63. The van der Waals surface area contributed by atoms with Crippen molar-refractivity contribution >= 4 is 29.1 Å². The van der Waals surface area contributed by atoms with Crippen LogP contribution in [0.3, 0.4) is 0 Å². The quantitative estimate of drug-likeness (QED) is 0.584. The summed E-state index contributed by atoms with van der Waals surface area (Å²) >= 11 is 5.94. The first-order valence-corrected chi connectivity index (χ1v) is 12.3. The molecule has 0 saturated carbocycles. The van der Waals surface area contributed by atoms with Crippen LogP contribution in [0.2, 0.25) is 5.02 Å². The molecule has 1 saturated heterocycles. The molecule has 1 fully saturated rings. The summed E-state index contributed by atoms with van der Waals surface area (Å²) in [5, 5.41) is 12.5. The van der Waals surface area contributed by atoms with Gasteiger partial charge in [-0.2, -0.15) is 0 Å². The molecule has 0 radical (unpaired) electrons. The maximum atomic E-state index is 13.1. The number of likely N-dealkylation sites (tertiary alicyclic amines) is 1. The molecule has 8 heteroatoms. The molecule has 0 unspecified atom stereocenters. The van der Waals surface area contributed by atoms with Crippen LogP contribution in [-0.4, -0.2) is 44.6 Å². The first-order chi connectivity index (χ1) is 16.6. The van der Waals surface area contributed by atoms with Crippen LogP contribution in [-0.2, 0) is 17.8 Å². The molecule has 5 rings (SSSR count). The SMILES string of the molecule is O=C(Nc1cccc(-c2nnc3n2CCCCC3)c1)[C@H]1CCCN(C(=O)c2ccc(Cl)cc2)C1. The molecular formula is C26H28ClN5O2. The summed E-state index contributed by atoms with van der Waals surface area (Å²) in [6.45, 7) is 1.98. The monoisotopic (exact) mass is 477 g/mol. The molecule has 2 amide bonds. The Morgan fingerprint density at radius 3 is 2.68 bits per heavy atom. The largest absolute Gasteiger partial charge is 0.338 e. The molecule has 2 aliphatic heterocycles. The summed E-state index contributed by atoms with van der Waals surface area (Å²) in [4.78, 5) is 27.7. The Morgan fingerprint density at radius 1 is 0.971 bits per heavy atom. The second kappa shape index (κ2) is 9.97. The van der Waals surface area contributed by atoms with Gasteiger partial charge in [0, 0.05) is 47.9 Å². The molecule has 34 heavy (non-hydrogen) atoms. The Bertz CT molecular complexity index is 1190. The summed E-state index contributed by atoms with van der Waals surface area (Å²) < 4.78 is 2.20. The summed E-state index contributed by atoms with van der Waals surface area (Å²) in [6, 6.07) is 14.7. The zero-order valence-corrected chi connectivity index (χ0v) is 19.8. The van der Waals surface area contributed by atoms with Gasteiger partial charge in [0.2, 0.25) is 5.91 Å². The first kappa shape index (κ1) is 22.6. The van der Waals surface area contributed by atoms with E-state index >= 15 is 0 Å². The molecule has 1 N–H and O–H groups in total. The van der Waals surface area contributed by atoms with Gasteiger partial charge < -0.3 is 14.8 Å². The van der Waals surface area contributed by atoms with Gasteiger partial charge in [-0.1, -0.05) is 30.2 Å². The molecule has 0 spiro atoms. The van der Waals surface area contributed by atoms with E-state index < -0.39 is 0 Å². The number of fused-ring (bicyclic) bond motifs is 1. The van der Waals surface area contributed by atoms with Gasteiger partial charge in [-0.05, 0) is 62.1 Å². The van der Waals surface area contributed by atoms with E-state index in [2.05, 4.69) is 20.1 Å². The van der Waals surface area contributed by atoms with Gasteiger partial charge in [0.1, 0.15) is 5.82 Å². The van der Waals surface area contributed by atoms with E-state index in [-0.39, 0.29) is 17.7 Å². The van der Waals surface area contributed by atoms with Gasteiger partial charge in [-0.15, -0.1) is 10.2 Å². The Balaban J connectivity index is 1.27. The highest BCUT2D eigenvalue weighted by molar-refractivity contribution is 6.30. The minimum absolute atomic E-state index is 0.0640. The van der Waals surface area contributed by atoms with Crippen LogP contribution in [0.5, 0.6) is 0 Å². The number of anilines is 1. The number of halogens is 1. The van der Waals surface area contributed by atoms with E-state index in [1.54, 1.807) is 29.2 Å². The number of rotatable bonds is 4. The van der Waals surface area contributed by atoms with Crippen molar-refractivity contribution in [2.24, 2.45) is 5.92 Å². The van der Waals surface area contributed by atoms with Crippen LogP contribution < -0.4 is 5.32 Å². The van der Waals surface area contributed by atoms with Crippen molar-refractivity contribution in [2.45, 2.75) is 45.1 Å². The predicted octanol–water partition coefficient (Wildman–Crippen LogP) is 4.82. The maximum absolute atomic E-state index is 13.1. The number of piperidine rings is 1. The van der Waals surface area contributed by atoms with E-state index in [9.17, 15) is 9.59 Å². The highest BCUT2D eigenvalue weighted by atomic mass is 35.5. The van der Waals surface area contributed by atoms with Gasteiger partial charge in [0.05, 0.1) is 5.92 Å². The van der Waals surface area contributed by atoms with Crippen LogP contribution in [0, 0.1) is 5.92 Å². The van der Waals surface area contributed by atoms with Crippen LogP contribution >= 0.6 is 11.6 Å². The summed E-state index contributed by atoms with van der Waals surface area (Å²) in [5.41, 5.74) is 2.27. The standard InChI is InChI=1S/C26H28ClN5O2/c27-21-12-10-18(11-13-21)26(34)31-14-5-7-20(17-31)25(33)28-22-8-4-6-19(16-22)24-30-29-23-9-2-1-3-15-32(23)24/h4,6,8,10-13,16,20H,1-3,5,7,9,14-15,17H2,(H,28,33)/t20-/m0/s1. The van der Waals surface area contributed by atoms with Crippen molar-refractivity contribution < 1.29 is 9.59 Å². The number of hydrogen-bond donors (Lipinski definition) is 1. The van der Waals surface area contributed by atoms with E-state index in [4.69, 9.17) is 11.6 Å². The van der Waals surface area contributed by atoms with Crippen LogP contribution in [0.4, 0.5) is 5.69 Å². The Morgan fingerprint density at radius 2 is 1.82 bits per heavy atom. The molecule has 176 valence electrons. The molecule has 2 aromatic carbocycles. The van der Waals surface area contributed by atoms with Crippen LogP contribution in [0.1, 0.15) is 48.3 Å². The molecule has 1 aromatic heterocycles. The third-order valence-corrected chi connectivity index (χ3v) is 6.92. The minimum Gasteiger partial charge on any atom is -0.338 e. The smallest absolute Gasteiger partial charge is 0.253 e. The van der Waals surface area contributed by atoms with Gasteiger partial charge in [0.15, 0.2) is 5.82 Å². The molecule has 2 aliphatic rings. The molecule has 3 aromatic rings. The molecule has 1 atom stereocenters. The molecule has 3 heterocycles. The first-order valence-electron chi connectivity index (χ1n) is 12.0. The van der Waals surface area contributed by atoms with Crippen molar-refractivity contribution in [3.63, 3.8) is 0 Å². The van der Waals surface area contributed by atoms with Crippen LogP contribution in [0.25, 0.3) is 11.4 Å². The average Bonchev–Trinajstić information content (AvgIpc) is 3.12. The highest BCUT2D eigenvalue weighted by Crippen LogP contribution is 2.26. The summed E-state index contributed by atoms with van der Waals surface area (Å²) in [7, 11) is 0. The Labute approximate surface area is 204 Å². The fourth-order valence-electron chi connectivity index (χ4n) is 4.83. The molecule has 0 aliphatic carbocycles. The average molecular weight is 478 g/mol. The fraction of sp³-hybridized carbons (Fsp3) is 0.385. The van der Waals surface area contributed by atoms with Gasteiger partial charge in [-0.25, -0.2) is 0 Å². The van der Waals surface area contributed by atoms with Gasteiger partial charge in [0.25, 0.3) is 5.91 Å². The lowest BCUT2D eigenvalue weighted by molar-refractivity contribution is -0.121.